The van der Waals surface area contributed by atoms with Gasteiger partial charge in [-0.1, -0.05) is 44.7 Å². The number of ether oxygens (including phenoxy) is 3. The van der Waals surface area contributed by atoms with E-state index in [-0.39, 0.29) is 59.2 Å². The smallest absolute Gasteiger partial charge is 0.251 e. The van der Waals surface area contributed by atoms with Crippen LogP contribution in [0, 0.1) is 0 Å². The lowest BCUT2D eigenvalue weighted by molar-refractivity contribution is -0.253. The predicted molar refractivity (Wildman–Crippen MR) is 182 cm³/mol. The number of ketones is 3. The number of rotatable bonds is 13. The van der Waals surface area contributed by atoms with Crippen molar-refractivity contribution in [2.45, 2.75) is 108 Å². The highest BCUT2D eigenvalue weighted by Gasteiger charge is 2.50. The van der Waals surface area contributed by atoms with Gasteiger partial charge in [0.2, 0.25) is 5.78 Å². The van der Waals surface area contributed by atoms with E-state index in [0.29, 0.717) is 6.42 Å². The number of hydrogen-bond donors (Lipinski definition) is 7. The molecule has 0 aromatic heterocycles. The highest BCUT2D eigenvalue weighted by molar-refractivity contribution is 6.31. The van der Waals surface area contributed by atoms with Crippen LogP contribution in [0.15, 0.2) is 18.2 Å². The van der Waals surface area contributed by atoms with Crippen molar-refractivity contribution in [3.63, 3.8) is 0 Å². The predicted octanol–water partition coefficient (Wildman–Crippen LogP) is 2.03. The van der Waals surface area contributed by atoms with Crippen molar-refractivity contribution in [1.29, 1.82) is 0 Å². The molecular weight excluding hydrogens is 690 g/mol. The highest BCUT2D eigenvalue weighted by Crippen LogP contribution is 2.52. The summed E-state index contributed by atoms with van der Waals surface area (Å²) in [5.41, 5.74) is -1.12. The Morgan fingerprint density at radius 2 is 1.76 bits per heavy atom. The summed E-state index contributed by atoms with van der Waals surface area (Å²) >= 11 is 0. The number of phenolic OH excluding ortho intramolecular Hbond substituents is 2. The number of unbranched alkanes of at least 4 members (excludes halogenated alkanes) is 4. The van der Waals surface area contributed by atoms with Crippen molar-refractivity contribution < 1.29 is 58.9 Å². The van der Waals surface area contributed by atoms with E-state index in [2.05, 4.69) is 12.3 Å². The number of carbonyl (C=O) groups is 4. The van der Waals surface area contributed by atoms with E-state index in [1.54, 1.807) is 6.92 Å². The van der Waals surface area contributed by atoms with Crippen LogP contribution in [0.2, 0.25) is 0 Å². The third kappa shape index (κ3) is 7.62. The first-order chi connectivity index (χ1) is 23.8. The Morgan fingerprint density at radius 1 is 1.08 bits per heavy atom. The van der Waals surface area contributed by atoms with E-state index in [1.807, 2.05) is 0 Å². The summed E-state index contributed by atoms with van der Waals surface area (Å²) < 4.78 is 17.4. The van der Waals surface area contributed by atoms with E-state index < -0.39 is 95.7 Å². The van der Waals surface area contributed by atoms with Gasteiger partial charge in [0.25, 0.3) is 5.91 Å². The van der Waals surface area contributed by atoms with Gasteiger partial charge in [0.15, 0.2) is 17.9 Å². The fourth-order valence-electron chi connectivity index (χ4n) is 7.09. The number of aliphatic hydroxyl groups excluding tert-OH is 2. The number of carbonyl (C=O) groups excluding carboxylic acids is 4. The average Bonchev–Trinajstić information content (AvgIpc) is 3.09. The molecule has 2 aliphatic carbocycles. The molecule has 2 aromatic carbocycles. The minimum absolute atomic E-state index is 0. The Bertz CT molecular complexity index is 1670. The number of nitrogens with two attached hydrogens (primary N) is 1. The van der Waals surface area contributed by atoms with Gasteiger partial charge in [-0.3, -0.25) is 19.2 Å². The van der Waals surface area contributed by atoms with Gasteiger partial charge in [-0.15, -0.1) is 12.4 Å². The summed E-state index contributed by atoms with van der Waals surface area (Å²) in [6, 6.07) is 3.47. The minimum atomic E-state index is -2.32. The van der Waals surface area contributed by atoms with Crippen LogP contribution in [-0.4, -0.2) is 97.8 Å². The van der Waals surface area contributed by atoms with Crippen molar-refractivity contribution in [1.82, 2.24) is 10.5 Å². The molecule has 0 bridgehead atoms. The summed E-state index contributed by atoms with van der Waals surface area (Å²) in [6.07, 6.45) is -1.08. The number of methoxy groups -OCH3 is 1. The quantitative estimate of drug-likeness (QED) is 0.0437. The Kier molecular flexibility index (Phi) is 12.8. The second-order valence-corrected chi connectivity index (χ2v) is 13.2. The highest BCUT2D eigenvalue weighted by atomic mass is 35.5. The zero-order valence-electron chi connectivity index (χ0n) is 28.7. The van der Waals surface area contributed by atoms with E-state index in [1.165, 1.54) is 25.3 Å². The van der Waals surface area contributed by atoms with Crippen LogP contribution >= 0.6 is 12.4 Å². The lowest BCUT2D eigenvalue weighted by Gasteiger charge is -2.43. The lowest BCUT2D eigenvalue weighted by atomic mass is 9.72. The molecule has 1 aliphatic heterocycles. The molecule has 51 heavy (non-hydrogen) atoms. The molecule has 3 aliphatic rings. The van der Waals surface area contributed by atoms with Gasteiger partial charge in [-0.2, -0.15) is 0 Å². The molecule has 0 spiro atoms. The zero-order valence-corrected chi connectivity index (χ0v) is 29.5. The molecule has 1 fully saturated rings. The Morgan fingerprint density at radius 3 is 2.43 bits per heavy atom. The second-order valence-electron chi connectivity index (χ2n) is 13.2. The lowest BCUT2D eigenvalue weighted by Crippen LogP contribution is -2.61. The first-order valence-corrected chi connectivity index (χ1v) is 16.8. The van der Waals surface area contributed by atoms with Crippen LogP contribution in [0.4, 0.5) is 0 Å². The molecule has 16 heteroatoms. The van der Waals surface area contributed by atoms with E-state index >= 15 is 0 Å². The van der Waals surface area contributed by atoms with Crippen LogP contribution in [0.3, 0.4) is 0 Å². The summed E-state index contributed by atoms with van der Waals surface area (Å²) in [4.78, 5) is 53.1. The number of amides is 1. The van der Waals surface area contributed by atoms with Gasteiger partial charge in [0.05, 0.1) is 48.2 Å². The molecule has 1 heterocycles. The minimum Gasteiger partial charge on any atom is -0.507 e. The molecule has 1 amide bonds. The van der Waals surface area contributed by atoms with Gasteiger partial charge >= 0.3 is 0 Å². The van der Waals surface area contributed by atoms with E-state index in [9.17, 15) is 44.7 Å². The van der Waals surface area contributed by atoms with E-state index in [4.69, 9.17) is 20.1 Å². The zero-order chi connectivity index (χ0) is 36.5. The van der Waals surface area contributed by atoms with Crippen LogP contribution in [0.5, 0.6) is 17.2 Å². The van der Waals surface area contributed by atoms with Crippen molar-refractivity contribution in [3.8, 4) is 17.2 Å². The molecule has 15 nitrogen and oxygen atoms in total. The SMILES string of the molecule is CCCCCCCC(=O)N(N)NC1CC(O[C@H]2C[C@](O)(C(=O)CO)Cc3c(O)c4c(c(O)c32)C(=O)c2c(OC)cccc2C4=O)OC(C)C1O.Cl. The molecule has 0 radical (unpaired) electrons. The first-order valence-electron chi connectivity index (χ1n) is 16.8. The maximum absolute atomic E-state index is 13.9. The summed E-state index contributed by atoms with van der Waals surface area (Å²) in [5, 5.41) is 56.2. The molecule has 2 aromatic rings. The number of aliphatic hydroxyl groups is 3. The van der Waals surface area contributed by atoms with Gasteiger partial charge < -0.3 is 39.7 Å². The fraction of sp³-hybridized carbons (Fsp3) is 0.543. The molecule has 6 atom stereocenters. The topological polar surface area (TPSA) is 238 Å². The normalized spacial score (nSPS) is 25.3. The van der Waals surface area contributed by atoms with Crippen molar-refractivity contribution >= 4 is 35.7 Å². The second kappa shape index (κ2) is 16.3. The monoisotopic (exact) mass is 735 g/mol. The number of phenols is 2. The molecule has 280 valence electrons. The molecule has 4 unspecified atom stereocenters. The number of hydrazine groups is 2. The number of benzene rings is 2. The summed E-state index contributed by atoms with van der Waals surface area (Å²) in [5.74, 6) is 1.65. The first kappa shape index (κ1) is 40.1. The fourth-order valence-corrected chi connectivity index (χ4v) is 7.09. The molecular formula is C35H46ClN3O12. The molecule has 1 saturated heterocycles. The summed E-state index contributed by atoms with van der Waals surface area (Å²) in [7, 11) is 1.31. The number of nitrogens with one attached hydrogen (secondary N) is 1. The largest absolute Gasteiger partial charge is 0.507 e. The number of fused-ring (bicyclic) bond motifs is 3. The Labute approximate surface area is 301 Å². The average molecular weight is 736 g/mol. The standard InChI is InChI=1S/C35H45N3O12.ClH/c1-4-5-6-7-8-12-24(41)38(36)37-20-13-25(49-17(2)30(20)42)50-22-15-35(47,23(40)16-39)14-19-27(22)34(46)29-28(32(19)44)31(43)18-10-9-11-21(48-3)26(18)33(29)45;/h9-11,17,20,22,25,30,37,39,42,44,46-47H,4-8,12-16,36H2,1-3H3;1H/t17?,20?,22-,25?,30?,35-;/m0./s1. The van der Waals surface area contributed by atoms with Crippen molar-refractivity contribution in [2.75, 3.05) is 13.7 Å². The van der Waals surface area contributed by atoms with Crippen molar-refractivity contribution in [3.05, 3.63) is 51.6 Å². The number of nitrogens with zero attached hydrogens (tertiary/aromatic N) is 1. The Balaban J connectivity index is 0.00000583. The maximum Gasteiger partial charge on any atom is 0.251 e. The number of Topliss-reactive ketones (excluding diaryl/α,β-unsaturated/α-hetero) is 1. The molecule has 5 rings (SSSR count). The number of halogens is 1. The molecule has 8 N–H and O–H groups in total. The van der Waals surface area contributed by atoms with Gasteiger partial charge in [-0.05, 0) is 19.4 Å². The number of aromatic hydroxyl groups is 2. The Hall–Kier alpha value is -3.67. The van der Waals surface area contributed by atoms with Crippen LogP contribution < -0.4 is 16.0 Å². The van der Waals surface area contributed by atoms with Gasteiger partial charge in [-0.25, -0.2) is 16.4 Å². The van der Waals surface area contributed by atoms with Crippen molar-refractivity contribution in [2.24, 2.45) is 5.84 Å². The summed E-state index contributed by atoms with van der Waals surface area (Å²) in [6.45, 7) is 2.59. The number of hydrogen-bond acceptors (Lipinski definition) is 14. The van der Waals surface area contributed by atoms with Gasteiger partial charge in [0.1, 0.15) is 29.5 Å². The maximum atomic E-state index is 13.9. The van der Waals surface area contributed by atoms with Crippen LogP contribution in [-0.2, 0) is 25.5 Å². The third-order valence-electron chi connectivity index (χ3n) is 9.83. The van der Waals surface area contributed by atoms with E-state index in [0.717, 1.165) is 30.8 Å². The molecule has 0 saturated carbocycles. The van der Waals surface area contributed by atoms with Gasteiger partial charge in [0, 0.05) is 42.4 Å². The third-order valence-corrected chi connectivity index (χ3v) is 9.83. The van der Waals surface area contributed by atoms with Crippen LogP contribution in [0.25, 0.3) is 0 Å². The van der Waals surface area contributed by atoms with Crippen LogP contribution in [0.1, 0.15) is 114 Å².